The number of nitrogens with two attached hydrogens (primary N) is 2. The van der Waals surface area contributed by atoms with Crippen LogP contribution >= 0.6 is 11.6 Å². The molecule has 0 aliphatic heterocycles. The molecule has 5 N–H and O–H groups in total. The number of aromatic nitrogens is 2. The first-order valence-corrected chi connectivity index (χ1v) is 4.30. The van der Waals surface area contributed by atoms with Crippen LogP contribution in [-0.2, 0) is 0 Å². The van der Waals surface area contributed by atoms with Crippen LogP contribution in [0.1, 0.15) is 17.4 Å². The fraction of sp³-hybridized carbons (Fsp3) is 0.286. The second-order valence-corrected chi connectivity index (χ2v) is 2.85. The predicted octanol–water partition coefficient (Wildman–Crippen LogP) is 0.243. The van der Waals surface area contributed by atoms with Crippen molar-refractivity contribution in [2.75, 3.05) is 17.6 Å². The highest BCUT2D eigenvalue weighted by Crippen LogP contribution is 2.19. The van der Waals surface area contributed by atoms with Crippen LogP contribution in [0, 0.1) is 0 Å². The fourth-order valence-electron chi connectivity index (χ4n) is 0.889. The summed E-state index contributed by atoms with van der Waals surface area (Å²) in [7, 11) is 0. The van der Waals surface area contributed by atoms with Crippen molar-refractivity contribution in [1.82, 2.24) is 9.97 Å². The maximum atomic E-state index is 10.8. The van der Waals surface area contributed by atoms with E-state index >= 15 is 0 Å². The highest BCUT2D eigenvalue weighted by molar-refractivity contribution is 6.32. The number of rotatable bonds is 3. The standard InChI is InChI=1S/C7H10ClN5O/c1-2-11-7-4(8)12-3(6(10)14)5(9)13-7/h2H2,1H3,(H2,10,14)(H3,9,11,13). The quantitative estimate of drug-likeness (QED) is 0.670. The molecule has 1 rings (SSSR count). The Labute approximate surface area is 85.7 Å². The molecule has 1 aromatic rings. The number of nitrogens with one attached hydrogen (secondary N) is 1. The number of nitrogen functional groups attached to an aromatic ring is 1. The number of primary amides is 1. The van der Waals surface area contributed by atoms with Crippen LogP contribution in [-0.4, -0.2) is 22.4 Å². The summed E-state index contributed by atoms with van der Waals surface area (Å²) in [6.07, 6.45) is 0. The molecule has 1 amide bonds. The van der Waals surface area contributed by atoms with Gasteiger partial charge in [0.25, 0.3) is 5.91 Å². The van der Waals surface area contributed by atoms with Crippen LogP contribution < -0.4 is 16.8 Å². The molecular weight excluding hydrogens is 206 g/mol. The fourth-order valence-corrected chi connectivity index (χ4v) is 1.08. The number of carbonyl (C=O) groups is 1. The molecule has 1 heterocycles. The molecule has 14 heavy (non-hydrogen) atoms. The molecule has 0 spiro atoms. The summed E-state index contributed by atoms with van der Waals surface area (Å²) in [5, 5.41) is 2.92. The molecular formula is C7H10ClN5O. The molecule has 0 aliphatic carbocycles. The van der Waals surface area contributed by atoms with Gasteiger partial charge >= 0.3 is 0 Å². The van der Waals surface area contributed by atoms with E-state index in [0.717, 1.165) is 0 Å². The number of halogens is 1. The summed E-state index contributed by atoms with van der Waals surface area (Å²) in [4.78, 5) is 18.4. The van der Waals surface area contributed by atoms with E-state index in [1.54, 1.807) is 0 Å². The zero-order valence-electron chi connectivity index (χ0n) is 7.54. The molecule has 0 unspecified atom stereocenters. The number of amides is 1. The second-order valence-electron chi connectivity index (χ2n) is 2.49. The summed E-state index contributed by atoms with van der Waals surface area (Å²) < 4.78 is 0. The van der Waals surface area contributed by atoms with Crippen molar-refractivity contribution in [3.63, 3.8) is 0 Å². The Balaban J connectivity index is 3.17. The molecule has 0 aliphatic rings. The van der Waals surface area contributed by atoms with Crippen LogP contribution in [0.15, 0.2) is 0 Å². The van der Waals surface area contributed by atoms with Crippen LogP contribution in [0.3, 0.4) is 0 Å². The van der Waals surface area contributed by atoms with E-state index in [1.165, 1.54) is 0 Å². The molecule has 76 valence electrons. The van der Waals surface area contributed by atoms with Crippen molar-refractivity contribution in [2.45, 2.75) is 6.92 Å². The van der Waals surface area contributed by atoms with Gasteiger partial charge in [-0.2, -0.15) is 0 Å². The number of hydrogen-bond acceptors (Lipinski definition) is 5. The lowest BCUT2D eigenvalue weighted by atomic mass is 10.4. The minimum atomic E-state index is -0.750. The van der Waals surface area contributed by atoms with Crippen molar-refractivity contribution in [1.29, 1.82) is 0 Å². The third kappa shape index (κ3) is 2.02. The summed E-state index contributed by atoms with van der Waals surface area (Å²) in [6.45, 7) is 2.50. The van der Waals surface area contributed by atoms with Gasteiger partial charge in [0.2, 0.25) is 0 Å². The van der Waals surface area contributed by atoms with Gasteiger partial charge in [-0.3, -0.25) is 4.79 Å². The maximum absolute atomic E-state index is 10.8. The highest BCUT2D eigenvalue weighted by Gasteiger charge is 2.13. The molecule has 0 saturated heterocycles. The molecule has 7 heteroatoms. The summed E-state index contributed by atoms with van der Waals surface area (Å²) >= 11 is 5.72. The van der Waals surface area contributed by atoms with Gasteiger partial charge in [-0.15, -0.1) is 0 Å². The Kier molecular flexibility index (Phi) is 3.08. The number of hydrogen-bond donors (Lipinski definition) is 3. The normalized spacial score (nSPS) is 9.86. The van der Waals surface area contributed by atoms with Crippen LogP contribution in [0.4, 0.5) is 11.6 Å². The zero-order chi connectivity index (χ0) is 10.7. The summed E-state index contributed by atoms with van der Waals surface area (Å²) in [6, 6.07) is 0. The lowest BCUT2D eigenvalue weighted by molar-refractivity contribution is 0.0996. The van der Waals surface area contributed by atoms with Crippen molar-refractivity contribution in [3.8, 4) is 0 Å². The SMILES string of the molecule is CCNc1nc(N)c(C(N)=O)nc1Cl. The molecule has 1 aromatic heterocycles. The van der Waals surface area contributed by atoms with Crippen LogP contribution in [0.25, 0.3) is 0 Å². The minimum absolute atomic E-state index is 0.0298. The lowest BCUT2D eigenvalue weighted by Gasteiger charge is -2.06. The number of anilines is 2. The van der Waals surface area contributed by atoms with Crippen molar-refractivity contribution < 1.29 is 4.79 Å². The van der Waals surface area contributed by atoms with Gasteiger partial charge in [-0.25, -0.2) is 9.97 Å². The minimum Gasteiger partial charge on any atom is -0.382 e. The van der Waals surface area contributed by atoms with E-state index in [0.29, 0.717) is 12.4 Å². The van der Waals surface area contributed by atoms with E-state index in [-0.39, 0.29) is 16.7 Å². The molecule has 0 aromatic carbocycles. The van der Waals surface area contributed by atoms with Crippen LogP contribution in [0.5, 0.6) is 0 Å². The number of carbonyl (C=O) groups excluding carboxylic acids is 1. The maximum Gasteiger partial charge on any atom is 0.271 e. The largest absolute Gasteiger partial charge is 0.382 e. The molecule has 0 fully saturated rings. The number of nitrogens with zero attached hydrogens (tertiary/aromatic N) is 2. The van der Waals surface area contributed by atoms with Crippen molar-refractivity contribution >= 4 is 29.1 Å². The lowest BCUT2D eigenvalue weighted by Crippen LogP contribution is -2.18. The molecule has 0 saturated carbocycles. The van der Waals surface area contributed by atoms with Crippen molar-refractivity contribution in [3.05, 3.63) is 10.8 Å². The van der Waals surface area contributed by atoms with E-state index in [1.807, 2.05) is 6.92 Å². The highest BCUT2D eigenvalue weighted by atomic mass is 35.5. The Hall–Kier alpha value is -1.56. The topological polar surface area (TPSA) is 107 Å². The van der Waals surface area contributed by atoms with Gasteiger partial charge < -0.3 is 16.8 Å². The van der Waals surface area contributed by atoms with Gasteiger partial charge in [0, 0.05) is 6.54 Å². The molecule has 6 nitrogen and oxygen atoms in total. The monoisotopic (exact) mass is 215 g/mol. The third-order valence-electron chi connectivity index (χ3n) is 1.46. The molecule has 0 atom stereocenters. The third-order valence-corrected chi connectivity index (χ3v) is 1.72. The second kappa shape index (κ2) is 4.10. The summed E-state index contributed by atoms with van der Waals surface area (Å²) in [5.74, 6) is -0.436. The van der Waals surface area contributed by atoms with Gasteiger partial charge in [0.15, 0.2) is 22.5 Å². The Morgan fingerprint density at radius 2 is 2.21 bits per heavy atom. The molecule has 0 bridgehead atoms. The first-order valence-electron chi connectivity index (χ1n) is 3.93. The van der Waals surface area contributed by atoms with Crippen molar-refractivity contribution in [2.24, 2.45) is 5.73 Å². The average molecular weight is 216 g/mol. The van der Waals surface area contributed by atoms with Gasteiger partial charge in [-0.05, 0) is 6.92 Å². The molecule has 0 radical (unpaired) electrons. The van der Waals surface area contributed by atoms with Gasteiger partial charge in [0.05, 0.1) is 0 Å². The van der Waals surface area contributed by atoms with Gasteiger partial charge in [0.1, 0.15) is 0 Å². The Morgan fingerprint density at radius 1 is 1.57 bits per heavy atom. The van der Waals surface area contributed by atoms with E-state index in [4.69, 9.17) is 23.1 Å². The van der Waals surface area contributed by atoms with Crippen LogP contribution in [0.2, 0.25) is 5.15 Å². The van der Waals surface area contributed by atoms with E-state index < -0.39 is 5.91 Å². The van der Waals surface area contributed by atoms with E-state index in [9.17, 15) is 4.79 Å². The predicted molar refractivity (Wildman–Crippen MR) is 54.1 cm³/mol. The Morgan fingerprint density at radius 3 is 2.71 bits per heavy atom. The Bertz CT molecular complexity index is 367. The smallest absolute Gasteiger partial charge is 0.271 e. The first kappa shape index (κ1) is 10.5. The van der Waals surface area contributed by atoms with E-state index in [2.05, 4.69) is 15.3 Å². The van der Waals surface area contributed by atoms with Gasteiger partial charge in [-0.1, -0.05) is 11.6 Å². The average Bonchev–Trinajstić information content (AvgIpc) is 2.10. The summed E-state index contributed by atoms with van der Waals surface area (Å²) in [5.41, 5.74) is 10.3. The zero-order valence-corrected chi connectivity index (χ0v) is 8.30. The first-order chi connectivity index (χ1) is 6.56.